The number of hydrogen-bond acceptors (Lipinski definition) is 3. The number of hydrogen-bond donors (Lipinski definition) is 1. The van der Waals surface area contributed by atoms with Crippen molar-refractivity contribution in [2.45, 2.75) is 46.2 Å². The van der Waals surface area contributed by atoms with Gasteiger partial charge in [-0.2, -0.15) is 0 Å². The average molecular weight is 344 g/mol. The van der Waals surface area contributed by atoms with E-state index < -0.39 is 0 Å². The fraction of sp³-hybridized carbons (Fsp3) is 0.625. The van der Waals surface area contributed by atoms with Crippen LogP contribution in [0, 0.1) is 0 Å². The van der Waals surface area contributed by atoms with E-state index in [0.717, 1.165) is 35.4 Å². The minimum Gasteiger partial charge on any atom is -0.490 e. The molecule has 0 heterocycles. The van der Waals surface area contributed by atoms with Gasteiger partial charge < -0.3 is 14.8 Å². The van der Waals surface area contributed by atoms with E-state index in [1.54, 1.807) is 0 Å². The van der Waals surface area contributed by atoms with Gasteiger partial charge in [0, 0.05) is 24.3 Å². The van der Waals surface area contributed by atoms with E-state index in [9.17, 15) is 0 Å². The maximum atomic E-state index is 5.87. The van der Waals surface area contributed by atoms with E-state index in [4.69, 9.17) is 9.47 Å². The number of para-hydroxylation sites is 1. The van der Waals surface area contributed by atoms with Gasteiger partial charge in [-0.1, -0.05) is 19.1 Å². The molecule has 0 aliphatic carbocycles. The summed E-state index contributed by atoms with van der Waals surface area (Å²) in [6.45, 7) is 11.3. The maximum Gasteiger partial charge on any atom is 0.138 e. The number of rotatable bonds is 8. The number of benzene rings is 1. The molecule has 1 rings (SSSR count). The second-order valence-corrected chi connectivity index (χ2v) is 6.65. The molecule has 1 aromatic rings. The first-order valence-electron chi connectivity index (χ1n) is 7.17. The zero-order valence-corrected chi connectivity index (χ0v) is 14.5. The summed E-state index contributed by atoms with van der Waals surface area (Å²) in [6.07, 6.45) is 1.04. The zero-order valence-electron chi connectivity index (χ0n) is 13.0. The fourth-order valence-corrected chi connectivity index (χ4v) is 2.19. The van der Waals surface area contributed by atoms with E-state index in [1.807, 2.05) is 12.1 Å². The molecule has 4 heteroatoms. The topological polar surface area (TPSA) is 30.5 Å². The van der Waals surface area contributed by atoms with Crippen molar-refractivity contribution in [3.63, 3.8) is 0 Å². The fourth-order valence-electron chi connectivity index (χ4n) is 1.66. The van der Waals surface area contributed by atoms with Gasteiger partial charge in [0.15, 0.2) is 0 Å². The predicted molar refractivity (Wildman–Crippen MR) is 87.3 cm³/mol. The third kappa shape index (κ3) is 6.73. The lowest BCUT2D eigenvalue weighted by Gasteiger charge is -2.22. The highest BCUT2D eigenvalue weighted by Crippen LogP contribution is 2.29. The van der Waals surface area contributed by atoms with Crippen LogP contribution in [0.25, 0.3) is 0 Å². The van der Waals surface area contributed by atoms with Crippen molar-refractivity contribution in [1.82, 2.24) is 5.32 Å². The Morgan fingerprint density at radius 3 is 2.55 bits per heavy atom. The van der Waals surface area contributed by atoms with Crippen LogP contribution in [-0.4, -0.2) is 25.4 Å². The number of ether oxygens (including phenoxy) is 2. The Morgan fingerprint density at radius 2 is 1.90 bits per heavy atom. The minimum atomic E-state index is 0.0871. The Balaban J connectivity index is 2.59. The molecule has 0 saturated carbocycles. The normalized spacial score (nSPS) is 11.7. The molecule has 1 N–H and O–H groups in total. The van der Waals surface area contributed by atoms with Crippen LogP contribution in [0.5, 0.6) is 5.75 Å². The van der Waals surface area contributed by atoms with Gasteiger partial charge in [0.25, 0.3) is 0 Å². The van der Waals surface area contributed by atoms with Crippen LogP contribution in [-0.2, 0) is 11.3 Å². The molecule has 0 unspecified atom stereocenters. The summed E-state index contributed by atoms with van der Waals surface area (Å²) in [5.41, 5.74) is 1.24. The monoisotopic (exact) mass is 343 g/mol. The summed E-state index contributed by atoms with van der Waals surface area (Å²) in [7, 11) is 0. The molecule has 1 aromatic carbocycles. The highest BCUT2D eigenvalue weighted by Gasteiger charge is 2.12. The molecule has 3 nitrogen and oxygen atoms in total. The Kier molecular flexibility index (Phi) is 7.56. The van der Waals surface area contributed by atoms with Crippen LogP contribution in [0.2, 0.25) is 0 Å². The van der Waals surface area contributed by atoms with E-state index in [0.29, 0.717) is 13.2 Å². The molecule has 0 aromatic heterocycles. The quantitative estimate of drug-likeness (QED) is 0.719. The van der Waals surface area contributed by atoms with Gasteiger partial charge in [-0.15, -0.1) is 0 Å². The molecule has 0 saturated heterocycles. The summed E-state index contributed by atoms with van der Waals surface area (Å²) in [5, 5.41) is 3.48. The van der Waals surface area contributed by atoms with Gasteiger partial charge in [0.2, 0.25) is 0 Å². The van der Waals surface area contributed by atoms with Gasteiger partial charge in [-0.25, -0.2) is 0 Å². The van der Waals surface area contributed by atoms with Crippen LogP contribution < -0.4 is 10.1 Å². The zero-order chi connectivity index (χ0) is 15.0. The molecular formula is C16H26BrNO2. The Hall–Kier alpha value is -0.580. The highest BCUT2D eigenvalue weighted by atomic mass is 79.9. The first-order chi connectivity index (χ1) is 9.44. The summed E-state index contributed by atoms with van der Waals surface area (Å²) in [6, 6.07) is 6.12. The molecule has 0 radical (unpaired) electrons. The molecule has 114 valence electrons. The van der Waals surface area contributed by atoms with E-state index in [-0.39, 0.29) is 5.54 Å². The minimum absolute atomic E-state index is 0.0871. The van der Waals surface area contributed by atoms with Crippen molar-refractivity contribution in [2.75, 3.05) is 19.8 Å². The molecule has 0 fully saturated rings. The molecule has 0 spiro atoms. The Morgan fingerprint density at radius 1 is 1.15 bits per heavy atom. The lowest BCUT2D eigenvalue weighted by molar-refractivity contribution is 0.0999. The van der Waals surface area contributed by atoms with Crippen LogP contribution in [0.15, 0.2) is 22.7 Å². The predicted octanol–water partition coefficient (Wildman–Crippen LogP) is 4.14. The van der Waals surface area contributed by atoms with Crippen molar-refractivity contribution in [3.05, 3.63) is 28.2 Å². The summed E-state index contributed by atoms with van der Waals surface area (Å²) in [4.78, 5) is 0. The van der Waals surface area contributed by atoms with E-state index in [1.165, 1.54) is 0 Å². The summed E-state index contributed by atoms with van der Waals surface area (Å²) < 4.78 is 12.3. The molecule has 0 aliphatic rings. The first-order valence-corrected chi connectivity index (χ1v) is 7.96. The van der Waals surface area contributed by atoms with Crippen molar-refractivity contribution >= 4 is 15.9 Å². The van der Waals surface area contributed by atoms with Crippen LogP contribution in [0.3, 0.4) is 0 Å². The largest absolute Gasteiger partial charge is 0.490 e. The summed E-state index contributed by atoms with van der Waals surface area (Å²) >= 11 is 3.56. The van der Waals surface area contributed by atoms with E-state index in [2.05, 4.69) is 55.0 Å². The van der Waals surface area contributed by atoms with Crippen molar-refractivity contribution in [2.24, 2.45) is 0 Å². The van der Waals surface area contributed by atoms with Gasteiger partial charge in [-0.3, -0.25) is 0 Å². The van der Waals surface area contributed by atoms with Crippen LogP contribution in [0.4, 0.5) is 0 Å². The van der Waals surface area contributed by atoms with Gasteiger partial charge >= 0.3 is 0 Å². The van der Waals surface area contributed by atoms with E-state index >= 15 is 0 Å². The second-order valence-electron chi connectivity index (χ2n) is 5.79. The molecule has 20 heavy (non-hydrogen) atoms. The Bertz CT molecular complexity index is 402. The standard InChI is InChI=1S/C16H26BrNO2/c1-5-9-19-10-11-20-15-13(7-6-8-14(15)17)12-18-16(2,3)4/h6-8,18H,5,9-12H2,1-4H3. The third-order valence-corrected chi connectivity index (χ3v) is 3.30. The van der Waals surface area contributed by atoms with Crippen LogP contribution >= 0.6 is 15.9 Å². The third-order valence-electron chi connectivity index (χ3n) is 2.68. The van der Waals surface area contributed by atoms with Gasteiger partial charge in [0.05, 0.1) is 11.1 Å². The highest BCUT2D eigenvalue weighted by molar-refractivity contribution is 9.10. The Labute approximate surface area is 131 Å². The van der Waals surface area contributed by atoms with Crippen molar-refractivity contribution in [3.8, 4) is 5.75 Å². The maximum absolute atomic E-state index is 5.87. The molecule has 0 amide bonds. The van der Waals surface area contributed by atoms with Crippen molar-refractivity contribution < 1.29 is 9.47 Å². The first kappa shape index (κ1) is 17.5. The molecule has 0 bridgehead atoms. The molecule has 0 atom stereocenters. The van der Waals surface area contributed by atoms with Gasteiger partial charge in [-0.05, 0) is 49.2 Å². The lowest BCUT2D eigenvalue weighted by Crippen LogP contribution is -2.35. The number of halogens is 1. The average Bonchev–Trinajstić information content (AvgIpc) is 2.37. The van der Waals surface area contributed by atoms with Gasteiger partial charge in [0.1, 0.15) is 12.4 Å². The van der Waals surface area contributed by atoms with Crippen LogP contribution in [0.1, 0.15) is 39.7 Å². The summed E-state index contributed by atoms with van der Waals surface area (Å²) in [5.74, 6) is 0.907. The molecule has 0 aliphatic heterocycles. The SMILES string of the molecule is CCCOCCOc1c(Br)cccc1CNC(C)(C)C. The lowest BCUT2D eigenvalue weighted by atomic mass is 10.1. The smallest absolute Gasteiger partial charge is 0.138 e. The second kappa shape index (κ2) is 8.65. The molecular weight excluding hydrogens is 318 g/mol. The van der Waals surface area contributed by atoms with Crippen molar-refractivity contribution in [1.29, 1.82) is 0 Å². The number of nitrogens with one attached hydrogen (secondary N) is 1.